The van der Waals surface area contributed by atoms with E-state index in [0.29, 0.717) is 14.9 Å². The molecule has 88 valence electrons. The second kappa shape index (κ2) is 4.60. The summed E-state index contributed by atoms with van der Waals surface area (Å²) in [6.07, 6.45) is 1.46. The number of H-pyrrole nitrogens is 1. The van der Waals surface area contributed by atoms with E-state index in [1.807, 2.05) is 0 Å². The third-order valence-electron chi connectivity index (χ3n) is 1.96. The molecule has 4 N–H and O–H groups in total. The molecule has 2 rings (SSSR count). The zero-order valence-electron chi connectivity index (χ0n) is 8.43. The predicted molar refractivity (Wildman–Crippen MR) is 66.6 cm³/mol. The van der Waals surface area contributed by atoms with Crippen molar-refractivity contribution in [3.8, 4) is 0 Å². The average Bonchev–Trinajstić information content (AvgIpc) is 2.86. The van der Waals surface area contributed by atoms with Crippen LogP contribution in [0.2, 0.25) is 0 Å². The first kappa shape index (κ1) is 11.7. The van der Waals surface area contributed by atoms with E-state index in [0.717, 1.165) is 0 Å². The number of hydrogen-bond acceptors (Lipinski definition) is 5. The fourth-order valence-electron chi connectivity index (χ4n) is 1.21. The van der Waals surface area contributed by atoms with Gasteiger partial charge in [-0.15, -0.1) is 24.0 Å². The molecule has 0 aliphatic heterocycles. The van der Waals surface area contributed by atoms with E-state index >= 15 is 0 Å². The lowest BCUT2D eigenvalue weighted by Crippen LogP contribution is -2.16. The Morgan fingerprint density at radius 1 is 1.53 bits per heavy atom. The van der Waals surface area contributed by atoms with Gasteiger partial charge in [0.2, 0.25) is 0 Å². The van der Waals surface area contributed by atoms with Gasteiger partial charge in [-0.1, -0.05) is 0 Å². The normalized spacial score (nSPS) is 10.2. The van der Waals surface area contributed by atoms with Crippen LogP contribution in [-0.2, 0) is 0 Å². The van der Waals surface area contributed by atoms with Gasteiger partial charge < -0.3 is 11.1 Å². The molecule has 0 saturated heterocycles. The van der Waals surface area contributed by atoms with Gasteiger partial charge in [-0.2, -0.15) is 5.10 Å². The highest BCUT2D eigenvalue weighted by atomic mass is 32.2. The van der Waals surface area contributed by atoms with Crippen molar-refractivity contribution in [1.29, 1.82) is 0 Å². The summed E-state index contributed by atoms with van der Waals surface area (Å²) in [5.74, 6) is -0.998. The molecule has 0 aliphatic rings. The summed E-state index contributed by atoms with van der Waals surface area (Å²) in [7, 11) is 0. The highest BCUT2D eigenvalue weighted by Gasteiger charge is 2.16. The summed E-state index contributed by atoms with van der Waals surface area (Å²) < 4.78 is 0.596. The number of hydrogen-bond donors (Lipinski definition) is 4. The van der Waals surface area contributed by atoms with Gasteiger partial charge in [0.15, 0.2) is 0 Å². The number of amides is 2. The molecule has 0 aromatic carbocycles. The van der Waals surface area contributed by atoms with Crippen molar-refractivity contribution in [1.82, 2.24) is 10.2 Å². The number of carbonyl (C=O) groups excluding carboxylic acids is 2. The molecule has 0 atom stereocenters. The summed E-state index contributed by atoms with van der Waals surface area (Å²) in [4.78, 5) is 22.8. The molecule has 0 bridgehead atoms. The van der Waals surface area contributed by atoms with Crippen LogP contribution in [0.25, 0.3) is 0 Å². The number of nitrogens with one attached hydrogen (secondary N) is 2. The number of primary amides is 1. The van der Waals surface area contributed by atoms with Crippen molar-refractivity contribution >= 4 is 40.8 Å². The maximum absolute atomic E-state index is 11.7. The Balaban J connectivity index is 2.24. The van der Waals surface area contributed by atoms with Crippen molar-refractivity contribution in [2.24, 2.45) is 5.73 Å². The first-order valence-electron chi connectivity index (χ1n) is 4.51. The third-order valence-corrected chi connectivity index (χ3v) is 3.21. The Bertz CT molecular complexity index is 562. The molecule has 0 unspecified atom stereocenters. The molecular formula is C9H8N4O2S2. The fraction of sp³-hybridized carbons (Fsp3) is 0. The van der Waals surface area contributed by atoms with Crippen LogP contribution in [0.1, 0.15) is 20.8 Å². The van der Waals surface area contributed by atoms with Crippen LogP contribution in [0, 0.1) is 0 Å². The number of thiophene rings is 1. The van der Waals surface area contributed by atoms with Crippen LogP contribution >= 0.6 is 24.0 Å². The van der Waals surface area contributed by atoms with Crippen molar-refractivity contribution in [3.05, 3.63) is 29.6 Å². The lowest BCUT2D eigenvalue weighted by atomic mass is 10.3. The van der Waals surface area contributed by atoms with Crippen LogP contribution in [0.3, 0.4) is 0 Å². The maximum atomic E-state index is 11.7. The van der Waals surface area contributed by atoms with Crippen molar-refractivity contribution in [2.75, 3.05) is 5.32 Å². The van der Waals surface area contributed by atoms with Crippen LogP contribution in [0.15, 0.2) is 22.5 Å². The molecule has 0 radical (unpaired) electrons. The van der Waals surface area contributed by atoms with E-state index in [1.165, 1.54) is 29.7 Å². The number of aromatic nitrogens is 2. The minimum Gasteiger partial charge on any atom is -0.366 e. The highest BCUT2D eigenvalue weighted by molar-refractivity contribution is 7.83. The van der Waals surface area contributed by atoms with Gasteiger partial charge in [-0.25, -0.2) is 0 Å². The van der Waals surface area contributed by atoms with E-state index in [1.54, 1.807) is 0 Å². The lowest BCUT2D eigenvalue weighted by molar-refractivity contribution is 0.100. The Morgan fingerprint density at radius 3 is 2.88 bits per heavy atom. The van der Waals surface area contributed by atoms with Gasteiger partial charge in [-0.3, -0.25) is 14.7 Å². The van der Waals surface area contributed by atoms with Gasteiger partial charge in [0.05, 0.1) is 9.77 Å². The Labute approximate surface area is 106 Å². The van der Waals surface area contributed by atoms with Gasteiger partial charge >= 0.3 is 0 Å². The number of nitrogens with two attached hydrogens (primary N) is 1. The zero-order chi connectivity index (χ0) is 12.4. The molecule has 8 heteroatoms. The molecule has 2 amide bonds. The Kier molecular flexibility index (Phi) is 3.16. The van der Waals surface area contributed by atoms with Crippen molar-refractivity contribution in [3.63, 3.8) is 0 Å². The molecule has 2 heterocycles. The van der Waals surface area contributed by atoms with Crippen LogP contribution < -0.4 is 11.1 Å². The topological polar surface area (TPSA) is 101 Å². The van der Waals surface area contributed by atoms with Crippen molar-refractivity contribution < 1.29 is 9.59 Å². The molecule has 2 aromatic rings. The largest absolute Gasteiger partial charge is 0.366 e. The van der Waals surface area contributed by atoms with E-state index in [9.17, 15) is 9.59 Å². The van der Waals surface area contributed by atoms with Gasteiger partial charge in [0.1, 0.15) is 10.7 Å². The van der Waals surface area contributed by atoms with E-state index in [4.69, 9.17) is 5.73 Å². The SMILES string of the molecule is NC(=O)c1cc(S)sc1NC(=O)c1ccn[nH]1. The van der Waals surface area contributed by atoms with Gasteiger partial charge in [0.25, 0.3) is 11.8 Å². The summed E-state index contributed by atoms with van der Waals surface area (Å²) >= 11 is 5.27. The number of aromatic amines is 1. The fourth-order valence-corrected chi connectivity index (χ4v) is 2.41. The first-order valence-corrected chi connectivity index (χ1v) is 5.77. The van der Waals surface area contributed by atoms with Gasteiger partial charge in [0, 0.05) is 6.20 Å². The molecule has 6 nitrogen and oxygen atoms in total. The standard InChI is InChI=1S/C9H8N4O2S2/c10-7(14)4-3-6(16)17-9(4)12-8(15)5-1-2-11-13-5/h1-3,16H,(H2,10,14)(H,11,13)(H,12,15). The first-order chi connectivity index (χ1) is 8.08. The molecular weight excluding hydrogens is 260 g/mol. The summed E-state index contributed by atoms with van der Waals surface area (Å²) in [6.45, 7) is 0. The number of carbonyl (C=O) groups is 2. The Hall–Kier alpha value is -1.80. The van der Waals surface area contributed by atoms with Gasteiger partial charge in [-0.05, 0) is 12.1 Å². The molecule has 0 aliphatic carbocycles. The second-order valence-electron chi connectivity index (χ2n) is 3.12. The summed E-state index contributed by atoms with van der Waals surface area (Å²) in [5, 5.41) is 9.13. The quantitative estimate of drug-likeness (QED) is 0.627. The molecule has 0 fully saturated rings. The number of thiol groups is 1. The number of anilines is 1. The second-order valence-corrected chi connectivity index (χ2v) is 4.95. The van der Waals surface area contributed by atoms with E-state index < -0.39 is 5.91 Å². The molecule has 2 aromatic heterocycles. The Morgan fingerprint density at radius 2 is 2.29 bits per heavy atom. The minimum absolute atomic E-state index is 0.243. The maximum Gasteiger partial charge on any atom is 0.274 e. The van der Waals surface area contributed by atoms with Crippen molar-refractivity contribution in [2.45, 2.75) is 4.21 Å². The summed E-state index contributed by atoms with van der Waals surface area (Å²) in [5.41, 5.74) is 5.73. The molecule has 17 heavy (non-hydrogen) atoms. The minimum atomic E-state index is -0.610. The van der Waals surface area contributed by atoms with Crippen LogP contribution in [0.5, 0.6) is 0 Å². The van der Waals surface area contributed by atoms with E-state index in [2.05, 4.69) is 28.1 Å². The molecule has 0 spiro atoms. The predicted octanol–water partition coefficient (Wildman–Crippen LogP) is 1.11. The number of nitrogens with zero attached hydrogens (tertiary/aromatic N) is 1. The lowest BCUT2D eigenvalue weighted by Gasteiger charge is -2.01. The zero-order valence-corrected chi connectivity index (χ0v) is 10.1. The highest BCUT2D eigenvalue weighted by Crippen LogP contribution is 2.30. The smallest absolute Gasteiger partial charge is 0.274 e. The van der Waals surface area contributed by atoms with E-state index in [-0.39, 0.29) is 11.5 Å². The summed E-state index contributed by atoms with van der Waals surface area (Å²) in [6, 6.07) is 3.03. The third kappa shape index (κ3) is 2.48. The average molecular weight is 268 g/mol. The monoisotopic (exact) mass is 268 g/mol. The number of rotatable bonds is 3. The molecule has 0 saturated carbocycles. The van der Waals surface area contributed by atoms with Crippen LogP contribution in [0.4, 0.5) is 5.00 Å². The van der Waals surface area contributed by atoms with Crippen LogP contribution in [-0.4, -0.2) is 22.0 Å².